The van der Waals surface area contributed by atoms with Crippen molar-refractivity contribution < 1.29 is 4.79 Å². The number of likely N-dealkylation sites (tertiary alicyclic amines) is 1. The molecule has 122 valence electrons. The zero-order valence-electron chi connectivity index (χ0n) is 14.0. The second kappa shape index (κ2) is 5.20. The molecule has 2 fully saturated rings. The number of ketones is 1. The fraction of sp³-hybridized carbons (Fsp3) is 0.550. The first-order valence-electron chi connectivity index (χ1n) is 8.85. The van der Waals surface area contributed by atoms with E-state index in [1.165, 1.54) is 36.1 Å². The maximum absolute atomic E-state index is 12.7. The van der Waals surface area contributed by atoms with Crippen LogP contribution in [0.15, 0.2) is 18.7 Å². The van der Waals surface area contributed by atoms with Crippen LogP contribution in [0, 0.1) is 5.92 Å². The lowest BCUT2D eigenvalue weighted by atomic mass is 9.64. The highest BCUT2D eigenvalue weighted by molar-refractivity contribution is 5.99. The summed E-state index contributed by atoms with van der Waals surface area (Å²) in [4.78, 5) is 15.1. The number of piperidine rings is 1. The van der Waals surface area contributed by atoms with Crippen LogP contribution in [0.2, 0.25) is 0 Å². The summed E-state index contributed by atoms with van der Waals surface area (Å²) in [6, 6.07) is 4.11. The molecule has 1 aromatic rings. The molecule has 3 nitrogen and oxygen atoms in total. The van der Waals surface area contributed by atoms with Crippen molar-refractivity contribution in [2.24, 2.45) is 5.92 Å². The van der Waals surface area contributed by atoms with E-state index >= 15 is 0 Å². The highest BCUT2D eigenvalue weighted by Crippen LogP contribution is 2.52. The molecular formula is C20H26N2O. The monoisotopic (exact) mass is 310 g/mol. The van der Waals surface area contributed by atoms with E-state index in [2.05, 4.69) is 30.7 Å². The molecule has 0 radical (unpaired) electrons. The van der Waals surface area contributed by atoms with Gasteiger partial charge in [0, 0.05) is 18.7 Å². The number of fused-ring (bicyclic) bond motifs is 2. The first kappa shape index (κ1) is 14.9. The van der Waals surface area contributed by atoms with Crippen LogP contribution in [-0.4, -0.2) is 30.8 Å². The predicted molar refractivity (Wildman–Crippen MR) is 94.3 cm³/mol. The molecule has 1 heterocycles. The van der Waals surface area contributed by atoms with Crippen LogP contribution < -0.4 is 5.73 Å². The molecule has 1 spiro atoms. The second-order valence-corrected chi connectivity index (χ2v) is 7.76. The Bertz CT molecular complexity index is 687. The van der Waals surface area contributed by atoms with Gasteiger partial charge in [0.15, 0.2) is 0 Å². The van der Waals surface area contributed by atoms with Gasteiger partial charge in [-0.3, -0.25) is 4.79 Å². The smallest absolute Gasteiger partial charge is 0.147 e. The van der Waals surface area contributed by atoms with E-state index < -0.39 is 0 Å². The van der Waals surface area contributed by atoms with Crippen LogP contribution in [0.1, 0.15) is 48.8 Å². The molecule has 3 heteroatoms. The standard InChI is InChI=1S/C20H26N2O/c1-13(14-5-3-8-22(2)12-14)16-9-15(21)10-18-17(16)11-19(23)20(18)6-4-7-20/h9-10,14H,1,3-8,11-12,21H2,2H3. The number of carbonyl (C=O) groups is 1. The number of Topliss-reactive ketones (excluding diaryl/α,β-unsaturated/α-hetero) is 1. The quantitative estimate of drug-likeness (QED) is 0.854. The fourth-order valence-electron chi connectivity index (χ4n) is 4.83. The Balaban J connectivity index is 1.74. The molecule has 1 aliphatic heterocycles. The summed E-state index contributed by atoms with van der Waals surface area (Å²) in [7, 11) is 2.18. The number of benzene rings is 1. The van der Waals surface area contributed by atoms with Gasteiger partial charge in [-0.25, -0.2) is 0 Å². The van der Waals surface area contributed by atoms with E-state index in [9.17, 15) is 4.79 Å². The van der Waals surface area contributed by atoms with Gasteiger partial charge < -0.3 is 10.6 Å². The van der Waals surface area contributed by atoms with E-state index in [-0.39, 0.29) is 5.41 Å². The first-order valence-corrected chi connectivity index (χ1v) is 8.85. The molecule has 2 N–H and O–H groups in total. The molecule has 0 aromatic heterocycles. The van der Waals surface area contributed by atoms with Crippen molar-refractivity contribution in [3.63, 3.8) is 0 Å². The van der Waals surface area contributed by atoms with E-state index in [4.69, 9.17) is 5.73 Å². The summed E-state index contributed by atoms with van der Waals surface area (Å²) in [6.07, 6.45) is 6.14. The SMILES string of the molecule is C=C(c1cc(N)cc2c1CC(=O)C21CCC1)C1CCCN(C)C1. The number of nitrogen functional groups attached to an aromatic ring is 1. The average Bonchev–Trinajstić information content (AvgIpc) is 2.77. The van der Waals surface area contributed by atoms with Gasteiger partial charge in [0.2, 0.25) is 0 Å². The average molecular weight is 310 g/mol. The minimum absolute atomic E-state index is 0.205. The molecule has 1 saturated carbocycles. The normalized spacial score (nSPS) is 26.1. The lowest BCUT2D eigenvalue weighted by molar-refractivity contribution is -0.125. The van der Waals surface area contributed by atoms with Crippen LogP contribution in [0.3, 0.4) is 0 Å². The van der Waals surface area contributed by atoms with Crippen molar-refractivity contribution in [1.82, 2.24) is 4.90 Å². The molecule has 2 aliphatic carbocycles. The maximum Gasteiger partial charge on any atom is 0.147 e. The topological polar surface area (TPSA) is 46.3 Å². The molecular weight excluding hydrogens is 284 g/mol. The third-order valence-corrected chi connectivity index (χ3v) is 6.33. The van der Waals surface area contributed by atoms with Crippen molar-refractivity contribution in [3.05, 3.63) is 35.4 Å². The number of anilines is 1. The third kappa shape index (κ3) is 2.17. The third-order valence-electron chi connectivity index (χ3n) is 6.33. The summed E-state index contributed by atoms with van der Waals surface area (Å²) in [6.45, 7) is 6.65. The van der Waals surface area contributed by atoms with E-state index in [1.54, 1.807) is 0 Å². The van der Waals surface area contributed by atoms with Crippen molar-refractivity contribution in [2.75, 3.05) is 25.9 Å². The Hall–Kier alpha value is -1.61. The molecule has 23 heavy (non-hydrogen) atoms. The van der Waals surface area contributed by atoms with Crippen molar-refractivity contribution in [3.8, 4) is 0 Å². The van der Waals surface area contributed by atoms with Gasteiger partial charge in [-0.15, -0.1) is 0 Å². The van der Waals surface area contributed by atoms with Gasteiger partial charge in [0.1, 0.15) is 5.78 Å². The number of carbonyl (C=O) groups excluding carboxylic acids is 1. The summed E-state index contributed by atoms with van der Waals surface area (Å²) < 4.78 is 0. The number of hydrogen-bond acceptors (Lipinski definition) is 3. The summed E-state index contributed by atoms with van der Waals surface area (Å²) >= 11 is 0. The first-order chi connectivity index (χ1) is 11.0. The summed E-state index contributed by atoms with van der Waals surface area (Å²) in [5, 5.41) is 0. The van der Waals surface area contributed by atoms with Crippen molar-refractivity contribution in [2.45, 2.75) is 43.9 Å². The van der Waals surface area contributed by atoms with Crippen LogP contribution >= 0.6 is 0 Å². The molecule has 0 amide bonds. The zero-order chi connectivity index (χ0) is 16.2. The van der Waals surface area contributed by atoms with Crippen LogP contribution in [0.25, 0.3) is 5.57 Å². The molecule has 3 aliphatic rings. The highest BCUT2D eigenvalue weighted by Gasteiger charge is 2.51. The van der Waals surface area contributed by atoms with Gasteiger partial charge in [0.05, 0.1) is 5.41 Å². The Labute approximate surface area is 138 Å². The lowest BCUT2D eigenvalue weighted by Gasteiger charge is -2.38. The predicted octanol–water partition coefficient (Wildman–Crippen LogP) is 3.17. The fourth-order valence-corrected chi connectivity index (χ4v) is 4.83. The molecule has 0 bridgehead atoms. The van der Waals surface area contributed by atoms with Crippen LogP contribution in [0.5, 0.6) is 0 Å². The number of hydrogen-bond donors (Lipinski definition) is 1. The van der Waals surface area contributed by atoms with Crippen LogP contribution in [-0.2, 0) is 16.6 Å². The number of nitrogens with two attached hydrogens (primary N) is 1. The zero-order valence-corrected chi connectivity index (χ0v) is 14.0. The molecule has 1 atom stereocenters. The Morgan fingerprint density at radius 1 is 1.35 bits per heavy atom. The maximum atomic E-state index is 12.7. The number of nitrogens with zero attached hydrogens (tertiary/aromatic N) is 1. The van der Waals surface area contributed by atoms with Crippen LogP contribution in [0.4, 0.5) is 5.69 Å². The van der Waals surface area contributed by atoms with Gasteiger partial charge in [0.25, 0.3) is 0 Å². The Kier molecular flexibility index (Phi) is 3.38. The molecule has 1 aromatic carbocycles. The van der Waals surface area contributed by atoms with Crippen molar-refractivity contribution >= 4 is 17.0 Å². The second-order valence-electron chi connectivity index (χ2n) is 7.76. The van der Waals surface area contributed by atoms with E-state index in [1.807, 2.05) is 0 Å². The Morgan fingerprint density at radius 2 is 2.13 bits per heavy atom. The minimum atomic E-state index is -0.205. The summed E-state index contributed by atoms with van der Waals surface area (Å²) in [5.41, 5.74) is 11.6. The van der Waals surface area contributed by atoms with E-state index in [0.717, 1.165) is 37.1 Å². The summed E-state index contributed by atoms with van der Waals surface area (Å²) in [5.74, 6) is 0.881. The lowest BCUT2D eigenvalue weighted by Crippen LogP contribution is -2.39. The van der Waals surface area contributed by atoms with Gasteiger partial charge in [-0.1, -0.05) is 13.0 Å². The number of rotatable bonds is 2. The van der Waals surface area contributed by atoms with E-state index in [0.29, 0.717) is 18.1 Å². The minimum Gasteiger partial charge on any atom is -0.399 e. The van der Waals surface area contributed by atoms with Crippen molar-refractivity contribution in [1.29, 1.82) is 0 Å². The van der Waals surface area contributed by atoms with Gasteiger partial charge in [-0.2, -0.15) is 0 Å². The molecule has 4 rings (SSSR count). The Morgan fingerprint density at radius 3 is 2.78 bits per heavy atom. The van der Waals surface area contributed by atoms with Gasteiger partial charge in [-0.05, 0) is 79.6 Å². The molecule has 1 unspecified atom stereocenters. The largest absolute Gasteiger partial charge is 0.399 e. The highest BCUT2D eigenvalue weighted by atomic mass is 16.1. The van der Waals surface area contributed by atoms with Gasteiger partial charge >= 0.3 is 0 Å². The molecule has 1 saturated heterocycles.